The first-order valence-electron chi connectivity index (χ1n) is 17.7. The van der Waals surface area contributed by atoms with Crippen molar-refractivity contribution in [1.29, 1.82) is 0 Å². The Morgan fingerprint density at radius 2 is 0.789 bits per heavy atom. The molecule has 1 heterocycles. The number of cyclic esters (lactones) is 1. The van der Waals surface area contributed by atoms with Crippen LogP contribution >= 0.6 is 0 Å². The summed E-state index contributed by atoms with van der Waals surface area (Å²) in [6.07, 6.45) is 43.2. The molecule has 0 unspecified atom stereocenters. The molecule has 0 spiro atoms. The summed E-state index contributed by atoms with van der Waals surface area (Å²) in [5.74, 6) is 1.09. The fraction of sp³-hybridized carbons (Fsp3) is 0.917. The van der Waals surface area contributed by atoms with Gasteiger partial charge in [0.2, 0.25) is 0 Å². The molecule has 0 N–H and O–H groups in total. The molecule has 1 fully saturated rings. The lowest BCUT2D eigenvalue weighted by molar-refractivity contribution is -0.157. The maximum atomic E-state index is 11.9. The van der Waals surface area contributed by atoms with Gasteiger partial charge in [-0.1, -0.05) is 187 Å². The van der Waals surface area contributed by atoms with E-state index in [1.54, 1.807) is 0 Å². The first kappa shape index (κ1) is 35.2. The average Bonchev–Trinajstić information content (AvgIpc) is 2.92. The molecule has 224 valence electrons. The molecule has 0 aromatic rings. The van der Waals surface area contributed by atoms with Gasteiger partial charge in [0.05, 0.1) is 0 Å². The zero-order valence-electron chi connectivity index (χ0n) is 26.2. The summed E-state index contributed by atoms with van der Waals surface area (Å²) in [4.78, 5) is 11.9. The minimum absolute atomic E-state index is 0.0203. The SMILES string of the molecule is CCCCCCCCCCCCCCCC/C=C1\OC(=O)[C@H]1CCCCCCCCCCCCCCCC. The molecule has 0 aliphatic carbocycles. The molecular formula is C36H68O2. The van der Waals surface area contributed by atoms with Gasteiger partial charge in [0.1, 0.15) is 11.7 Å². The molecule has 0 bridgehead atoms. The van der Waals surface area contributed by atoms with Gasteiger partial charge in [0, 0.05) is 0 Å². The lowest BCUT2D eigenvalue weighted by Gasteiger charge is -2.28. The van der Waals surface area contributed by atoms with E-state index in [0.717, 1.165) is 18.6 Å². The number of ether oxygens (including phenoxy) is 1. The number of hydrogen-bond acceptors (Lipinski definition) is 2. The van der Waals surface area contributed by atoms with Gasteiger partial charge in [-0.2, -0.15) is 0 Å². The maximum Gasteiger partial charge on any atom is 0.321 e. The molecule has 0 aromatic heterocycles. The van der Waals surface area contributed by atoms with Crippen LogP contribution in [-0.2, 0) is 9.53 Å². The number of carbonyl (C=O) groups is 1. The van der Waals surface area contributed by atoms with Crippen molar-refractivity contribution in [3.63, 3.8) is 0 Å². The van der Waals surface area contributed by atoms with Crippen molar-refractivity contribution < 1.29 is 9.53 Å². The van der Waals surface area contributed by atoms with E-state index in [9.17, 15) is 4.79 Å². The fourth-order valence-corrected chi connectivity index (χ4v) is 5.89. The van der Waals surface area contributed by atoms with Crippen LogP contribution in [0.4, 0.5) is 0 Å². The van der Waals surface area contributed by atoms with Crippen LogP contribution in [0.5, 0.6) is 0 Å². The van der Waals surface area contributed by atoms with Crippen LogP contribution in [0.2, 0.25) is 0 Å². The molecule has 1 atom stereocenters. The molecular weight excluding hydrogens is 464 g/mol. The molecule has 1 rings (SSSR count). The van der Waals surface area contributed by atoms with Crippen LogP contribution in [0.25, 0.3) is 0 Å². The van der Waals surface area contributed by atoms with E-state index in [-0.39, 0.29) is 11.9 Å². The Morgan fingerprint density at radius 1 is 0.474 bits per heavy atom. The first-order valence-corrected chi connectivity index (χ1v) is 17.7. The number of esters is 1. The lowest BCUT2D eigenvalue weighted by Crippen LogP contribution is -2.32. The zero-order valence-corrected chi connectivity index (χ0v) is 26.2. The third-order valence-electron chi connectivity index (χ3n) is 8.60. The van der Waals surface area contributed by atoms with Gasteiger partial charge in [0.25, 0.3) is 0 Å². The topological polar surface area (TPSA) is 26.3 Å². The standard InChI is InChI=1S/C36H68O2/c1-3-5-7-9-11-13-15-17-19-21-23-25-27-29-31-33-35-34(36(37)38-35)32-30-28-26-24-22-20-18-16-14-12-10-8-6-4-2/h33-34H,3-32H2,1-2H3/b35-33-/t34-/m0/s1. The molecule has 38 heavy (non-hydrogen) atoms. The van der Waals surface area contributed by atoms with Gasteiger partial charge in [0.15, 0.2) is 0 Å². The van der Waals surface area contributed by atoms with Crippen molar-refractivity contribution in [3.05, 3.63) is 11.8 Å². The van der Waals surface area contributed by atoms with Crippen molar-refractivity contribution in [2.24, 2.45) is 5.92 Å². The highest BCUT2D eigenvalue weighted by molar-refractivity contribution is 5.82. The van der Waals surface area contributed by atoms with Gasteiger partial charge in [-0.25, -0.2) is 0 Å². The average molecular weight is 533 g/mol. The van der Waals surface area contributed by atoms with Crippen molar-refractivity contribution in [3.8, 4) is 0 Å². The number of allylic oxidation sites excluding steroid dienone is 1. The summed E-state index contributed by atoms with van der Waals surface area (Å²) in [6.45, 7) is 4.58. The Morgan fingerprint density at radius 3 is 1.13 bits per heavy atom. The molecule has 0 amide bonds. The summed E-state index contributed by atoms with van der Waals surface area (Å²) < 4.78 is 5.36. The van der Waals surface area contributed by atoms with Gasteiger partial charge in [-0.15, -0.1) is 0 Å². The maximum absolute atomic E-state index is 11.9. The highest BCUT2D eigenvalue weighted by Gasteiger charge is 2.36. The molecule has 0 radical (unpaired) electrons. The molecule has 1 saturated heterocycles. The minimum Gasteiger partial charge on any atom is -0.430 e. The summed E-state index contributed by atoms with van der Waals surface area (Å²) in [5.41, 5.74) is 0. The highest BCUT2D eigenvalue weighted by atomic mass is 16.6. The monoisotopic (exact) mass is 533 g/mol. The second kappa shape index (κ2) is 27.8. The molecule has 2 heteroatoms. The Kier molecular flexibility index (Phi) is 25.7. The van der Waals surface area contributed by atoms with Crippen molar-refractivity contribution in [2.75, 3.05) is 0 Å². The summed E-state index contributed by atoms with van der Waals surface area (Å²) in [6, 6.07) is 0. The second-order valence-corrected chi connectivity index (χ2v) is 12.3. The molecule has 1 aliphatic rings. The van der Waals surface area contributed by atoms with Crippen molar-refractivity contribution in [2.45, 2.75) is 206 Å². The predicted octanol–water partition coefficient (Wildman–Crippen LogP) is 12.8. The van der Waals surface area contributed by atoms with E-state index in [0.29, 0.717) is 0 Å². The van der Waals surface area contributed by atoms with Gasteiger partial charge >= 0.3 is 5.97 Å². The fourth-order valence-electron chi connectivity index (χ4n) is 5.89. The van der Waals surface area contributed by atoms with Crippen LogP contribution in [0.3, 0.4) is 0 Å². The normalized spacial score (nSPS) is 16.2. The summed E-state index contributed by atoms with van der Waals surface area (Å²) >= 11 is 0. The number of rotatable bonds is 30. The Hall–Kier alpha value is -0.790. The summed E-state index contributed by atoms with van der Waals surface area (Å²) in [7, 11) is 0. The van der Waals surface area contributed by atoms with Crippen molar-refractivity contribution >= 4 is 5.97 Å². The predicted molar refractivity (Wildman–Crippen MR) is 168 cm³/mol. The molecule has 2 nitrogen and oxygen atoms in total. The zero-order chi connectivity index (χ0) is 27.4. The van der Waals surface area contributed by atoms with E-state index >= 15 is 0 Å². The molecule has 1 aliphatic heterocycles. The quantitative estimate of drug-likeness (QED) is 0.0679. The number of carbonyl (C=O) groups excluding carboxylic acids is 1. The lowest BCUT2D eigenvalue weighted by atomic mass is 9.93. The van der Waals surface area contributed by atoms with E-state index in [4.69, 9.17) is 4.74 Å². The minimum atomic E-state index is 0.0203. The largest absolute Gasteiger partial charge is 0.430 e. The van der Waals surface area contributed by atoms with Crippen LogP contribution in [0.15, 0.2) is 11.8 Å². The summed E-state index contributed by atoms with van der Waals surface area (Å²) in [5, 5.41) is 0. The van der Waals surface area contributed by atoms with Crippen LogP contribution in [0.1, 0.15) is 206 Å². The van der Waals surface area contributed by atoms with Crippen molar-refractivity contribution in [1.82, 2.24) is 0 Å². The Labute approximate surface area is 239 Å². The van der Waals surface area contributed by atoms with E-state index < -0.39 is 0 Å². The third kappa shape index (κ3) is 21.1. The second-order valence-electron chi connectivity index (χ2n) is 12.3. The van der Waals surface area contributed by atoms with Gasteiger partial charge in [-0.3, -0.25) is 4.79 Å². The Balaban J connectivity index is 1.85. The van der Waals surface area contributed by atoms with Crippen LogP contribution in [0, 0.1) is 5.92 Å². The van der Waals surface area contributed by atoms with Gasteiger partial charge in [-0.05, 0) is 25.3 Å². The number of unbranched alkanes of at least 4 members (excludes halogenated alkanes) is 27. The van der Waals surface area contributed by atoms with Crippen LogP contribution < -0.4 is 0 Å². The smallest absolute Gasteiger partial charge is 0.321 e. The van der Waals surface area contributed by atoms with E-state index in [1.807, 2.05) is 0 Å². The highest BCUT2D eigenvalue weighted by Crippen LogP contribution is 2.32. The Bertz CT molecular complexity index is 537. The molecule has 0 saturated carbocycles. The number of hydrogen-bond donors (Lipinski definition) is 0. The van der Waals surface area contributed by atoms with Crippen LogP contribution in [-0.4, -0.2) is 5.97 Å². The van der Waals surface area contributed by atoms with E-state index in [2.05, 4.69) is 19.9 Å². The van der Waals surface area contributed by atoms with E-state index in [1.165, 1.54) is 180 Å². The first-order chi connectivity index (χ1) is 18.8. The van der Waals surface area contributed by atoms with Gasteiger partial charge < -0.3 is 4.74 Å². The third-order valence-corrected chi connectivity index (χ3v) is 8.60. The molecule has 0 aromatic carbocycles.